The molecule has 0 N–H and O–H groups in total. The number of carbonyl (C=O) groups is 4. The number of hydrogen-bond acceptors (Lipinski definition) is 8. The molecule has 250 valence electrons. The Bertz CT molecular complexity index is 1360. The first-order valence-corrected chi connectivity index (χ1v) is 17.4. The smallest absolute Gasteiger partial charge is 0.423 e. The summed E-state index contributed by atoms with van der Waals surface area (Å²) < 4.78 is 21.2. The van der Waals surface area contributed by atoms with Gasteiger partial charge in [-0.1, -0.05) is 134 Å². The molecule has 0 unspecified atom stereocenters. The predicted molar refractivity (Wildman–Crippen MR) is 177 cm³/mol. The Morgan fingerprint density at radius 1 is 0.543 bits per heavy atom. The van der Waals surface area contributed by atoms with Crippen molar-refractivity contribution in [1.29, 1.82) is 0 Å². The van der Waals surface area contributed by atoms with E-state index in [1.165, 1.54) is 12.8 Å². The summed E-state index contributed by atoms with van der Waals surface area (Å²) in [5.74, 6) is -5.44. The van der Waals surface area contributed by atoms with Crippen LogP contribution in [-0.2, 0) is 19.1 Å². The minimum absolute atomic E-state index is 0.0920. The van der Waals surface area contributed by atoms with Crippen molar-refractivity contribution in [2.45, 2.75) is 77.0 Å². The molecule has 0 amide bonds. The third-order valence-corrected chi connectivity index (χ3v) is 10.3. The number of esters is 4. The molecule has 0 spiro atoms. The fourth-order valence-electron chi connectivity index (χ4n) is 5.72. The van der Waals surface area contributed by atoms with Crippen molar-refractivity contribution in [3.05, 3.63) is 53.4 Å². The maximum atomic E-state index is 13.1. The van der Waals surface area contributed by atoms with E-state index in [9.17, 15) is 19.2 Å². The summed E-state index contributed by atoms with van der Waals surface area (Å²) in [5, 5.41) is -1.41. The second-order valence-corrected chi connectivity index (χ2v) is 13.7. The molecule has 2 aromatic carbocycles. The van der Waals surface area contributed by atoms with E-state index in [0.717, 1.165) is 63.5 Å². The van der Waals surface area contributed by atoms with Gasteiger partial charge >= 0.3 is 23.9 Å². The molecule has 2 saturated carbocycles. The molecule has 14 heteroatoms. The maximum absolute atomic E-state index is 13.1. The average molecular weight is 757 g/mol. The van der Waals surface area contributed by atoms with Gasteiger partial charge in [-0.15, -0.1) is 0 Å². The van der Waals surface area contributed by atoms with Crippen LogP contribution >= 0.6 is 69.6 Å². The predicted octanol–water partition coefficient (Wildman–Crippen LogP) is 10.4. The third kappa shape index (κ3) is 9.57. The molecule has 2 aliphatic rings. The zero-order valence-electron chi connectivity index (χ0n) is 24.7. The van der Waals surface area contributed by atoms with Gasteiger partial charge in [-0.2, -0.15) is 0 Å². The minimum Gasteiger partial charge on any atom is -0.462 e. The van der Waals surface area contributed by atoms with Gasteiger partial charge in [0, 0.05) is 0 Å². The second kappa shape index (κ2) is 17.5. The van der Waals surface area contributed by atoms with Crippen LogP contribution in [0.4, 0.5) is 0 Å². The summed E-state index contributed by atoms with van der Waals surface area (Å²) in [6.45, 7) is 0.184. The summed E-state index contributed by atoms with van der Waals surface area (Å²) in [7, 11) is 0. The van der Waals surface area contributed by atoms with Gasteiger partial charge in [-0.25, -0.2) is 19.2 Å². The summed E-state index contributed by atoms with van der Waals surface area (Å²) in [5.41, 5.74) is -0.891. The van der Waals surface area contributed by atoms with Gasteiger partial charge in [0.05, 0.1) is 43.3 Å². The maximum Gasteiger partial charge on any atom is 0.423 e. The molecule has 0 saturated heterocycles. The molecule has 2 aromatic rings. The van der Waals surface area contributed by atoms with Crippen LogP contribution in [0.15, 0.2) is 12.1 Å². The zero-order chi connectivity index (χ0) is 33.4. The Morgan fingerprint density at radius 3 is 1.24 bits per heavy atom. The van der Waals surface area contributed by atoms with E-state index in [4.69, 9.17) is 88.6 Å². The second-order valence-electron chi connectivity index (χ2n) is 11.4. The van der Waals surface area contributed by atoms with Gasteiger partial charge in [-0.05, 0) is 36.8 Å². The van der Waals surface area contributed by atoms with Crippen molar-refractivity contribution in [3.8, 4) is 11.5 Å². The molecule has 2 fully saturated rings. The highest BCUT2D eigenvalue weighted by atomic mass is 35.5. The first-order chi connectivity index (χ1) is 22.0. The minimum atomic E-state index is -1.63. The van der Waals surface area contributed by atoms with Crippen molar-refractivity contribution < 1.29 is 38.1 Å². The highest BCUT2D eigenvalue weighted by Gasteiger charge is 2.32. The van der Waals surface area contributed by atoms with Crippen LogP contribution < -0.4 is 9.47 Å². The molecule has 8 nitrogen and oxygen atoms in total. The number of benzene rings is 2. The van der Waals surface area contributed by atoms with Gasteiger partial charge in [0.25, 0.3) is 0 Å². The topological polar surface area (TPSA) is 105 Å². The quantitative estimate of drug-likeness (QED) is 0.102. The first kappa shape index (κ1) is 36.9. The van der Waals surface area contributed by atoms with Gasteiger partial charge in [-0.3, -0.25) is 0 Å². The van der Waals surface area contributed by atoms with E-state index in [1.807, 2.05) is 0 Å². The van der Waals surface area contributed by atoms with Crippen LogP contribution in [0.3, 0.4) is 0 Å². The molecule has 0 atom stereocenters. The number of halogens is 6. The SMILES string of the molecule is O=C(Oc1c(Cl)cc(Cl)c(Cl)c1C(=O)OCCC1CCCCC1)C(=O)Oc1c(Cl)cc(Cl)c(Cl)c1C(=O)OCCC1CCCCC1. The number of rotatable bonds is 10. The van der Waals surface area contributed by atoms with E-state index >= 15 is 0 Å². The fourth-order valence-corrected chi connectivity index (χ4v) is 7.16. The number of carbonyl (C=O) groups excluding carboxylic acids is 4. The highest BCUT2D eigenvalue weighted by Crippen LogP contribution is 2.42. The molecule has 0 aliphatic heterocycles. The van der Waals surface area contributed by atoms with Gasteiger partial charge < -0.3 is 18.9 Å². The van der Waals surface area contributed by atoms with Gasteiger partial charge in [0.1, 0.15) is 11.1 Å². The van der Waals surface area contributed by atoms with Crippen LogP contribution in [0.2, 0.25) is 30.1 Å². The van der Waals surface area contributed by atoms with Crippen molar-refractivity contribution in [3.63, 3.8) is 0 Å². The van der Waals surface area contributed by atoms with Crippen LogP contribution in [0, 0.1) is 11.8 Å². The summed E-state index contributed by atoms with van der Waals surface area (Å²) in [6.07, 6.45) is 12.4. The molecule has 2 aliphatic carbocycles. The highest BCUT2D eigenvalue weighted by molar-refractivity contribution is 6.47. The van der Waals surface area contributed by atoms with Gasteiger partial charge in [0.15, 0.2) is 11.5 Å². The van der Waals surface area contributed by atoms with E-state index in [2.05, 4.69) is 0 Å². The third-order valence-electron chi connectivity index (χ3n) is 8.19. The lowest BCUT2D eigenvalue weighted by atomic mass is 9.87. The lowest BCUT2D eigenvalue weighted by Crippen LogP contribution is -2.27. The van der Waals surface area contributed by atoms with Crippen molar-refractivity contribution >= 4 is 93.5 Å². The van der Waals surface area contributed by atoms with Gasteiger partial charge in [0.2, 0.25) is 0 Å². The number of hydrogen-bond donors (Lipinski definition) is 0. The van der Waals surface area contributed by atoms with Crippen molar-refractivity contribution in [2.75, 3.05) is 13.2 Å². The molecule has 0 bridgehead atoms. The standard InChI is InChI=1S/C32H32Cl6O8/c33-19-15-21(35)27(23(25(19)37)29(39)43-13-11-17-7-3-1-4-8-17)45-31(41)32(42)46-28-22(36)16-20(34)26(38)24(28)30(40)44-14-12-18-9-5-2-6-10-18/h15-18H,1-14H2. The van der Waals surface area contributed by atoms with E-state index in [0.29, 0.717) is 24.7 Å². The molecule has 0 radical (unpaired) electrons. The van der Waals surface area contributed by atoms with Crippen LogP contribution in [0.1, 0.15) is 97.8 Å². The Labute approximate surface area is 297 Å². The van der Waals surface area contributed by atoms with Crippen molar-refractivity contribution in [1.82, 2.24) is 0 Å². The van der Waals surface area contributed by atoms with Crippen LogP contribution in [0.25, 0.3) is 0 Å². The Balaban J connectivity index is 1.48. The average Bonchev–Trinajstić information content (AvgIpc) is 3.03. The molecule has 46 heavy (non-hydrogen) atoms. The Kier molecular flexibility index (Phi) is 14.0. The monoisotopic (exact) mass is 754 g/mol. The van der Waals surface area contributed by atoms with E-state index in [-0.39, 0.29) is 43.3 Å². The summed E-state index contributed by atoms with van der Waals surface area (Å²) in [4.78, 5) is 52.0. The number of ether oxygens (including phenoxy) is 4. The van der Waals surface area contributed by atoms with Crippen molar-refractivity contribution in [2.24, 2.45) is 11.8 Å². The summed E-state index contributed by atoms with van der Waals surface area (Å²) in [6, 6.07) is 2.27. The first-order valence-electron chi connectivity index (χ1n) is 15.1. The van der Waals surface area contributed by atoms with Crippen LogP contribution in [0.5, 0.6) is 11.5 Å². The molecule has 0 heterocycles. The molecular formula is C32H32Cl6O8. The molecule has 4 rings (SSSR count). The van der Waals surface area contributed by atoms with E-state index in [1.54, 1.807) is 0 Å². The molecule has 0 aromatic heterocycles. The lowest BCUT2D eigenvalue weighted by molar-refractivity contribution is -0.156. The molecular weight excluding hydrogens is 725 g/mol. The van der Waals surface area contributed by atoms with Crippen LogP contribution in [-0.4, -0.2) is 37.1 Å². The lowest BCUT2D eigenvalue weighted by Gasteiger charge is -2.21. The zero-order valence-corrected chi connectivity index (χ0v) is 29.3. The Hall–Kier alpha value is -1.94. The summed E-state index contributed by atoms with van der Waals surface area (Å²) >= 11 is 37.4. The fraction of sp³-hybridized carbons (Fsp3) is 0.500. The largest absolute Gasteiger partial charge is 0.462 e. The Morgan fingerprint density at radius 2 is 0.891 bits per heavy atom. The normalized spacial score (nSPS) is 15.7. The van der Waals surface area contributed by atoms with E-state index < -0.39 is 46.5 Å².